The second kappa shape index (κ2) is 6.43. The monoisotopic (exact) mass is 267 g/mol. The van der Waals surface area contributed by atoms with Gasteiger partial charge in [-0.15, -0.1) is 0 Å². The van der Waals surface area contributed by atoms with Crippen LogP contribution in [0.15, 0.2) is 42.6 Å². The van der Waals surface area contributed by atoms with Crippen LogP contribution in [0.4, 0.5) is 5.69 Å². The number of anilines is 1. The lowest BCUT2D eigenvalue weighted by molar-refractivity contribution is 0.102. The van der Waals surface area contributed by atoms with Crippen LogP contribution in [0.5, 0.6) is 0 Å². The predicted molar refractivity (Wildman–Crippen MR) is 74.4 cm³/mol. The van der Waals surface area contributed by atoms with Crippen molar-refractivity contribution in [2.24, 2.45) is 5.84 Å². The molecule has 100 valence electrons. The molecule has 0 fully saturated rings. The van der Waals surface area contributed by atoms with Gasteiger partial charge in [-0.25, -0.2) is 4.98 Å². The topological polar surface area (TPSA) is 104 Å². The van der Waals surface area contributed by atoms with Crippen molar-refractivity contribution >= 4 is 11.6 Å². The van der Waals surface area contributed by atoms with Gasteiger partial charge in [0, 0.05) is 18.4 Å². The Balaban J connectivity index is 2.10. The number of benzene rings is 1. The minimum absolute atomic E-state index is 0.256. The number of nitrogens with one attached hydrogen (secondary N) is 2. The third kappa shape index (κ3) is 3.38. The van der Waals surface area contributed by atoms with E-state index >= 15 is 0 Å². The molecule has 0 saturated heterocycles. The summed E-state index contributed by atoms with van der Waals surface area (Å²) in [5.74, 6) is 4.93. The van der Waals surface area contributed by atoms with E-state index in [2.05, 4.69) is 15.7 Å². The summed E-state index contributed by atoms with van der Waals surface area (Å²) in [6, 6.07) is 12.3. The van der Waals surface area contributed by atoms with E-state index in [0.29, 0.717) is 17.8 Å². The molecule has 20 heavy (non-hydrogen) atoms. The molecule has 6 nitrogen and oxygen atoms in total. The molecular weight excluding hydrogens is 254 g/mol. The van der Waals surface area contributed by atoms with Gasteiger partial charge in [-0.1, -0.05) is 12.1 Å². The van der Waals surface area contributed by atoms with Gasteiger partial charge in [0.25, 0.3) is 5.91 Å². The first-order valence-electron chi connectivity index (χ1n) is 5.93. The SMILES string of the molecule is N#Cc1ccc(C(=O)Nc2cccc(CNN)c2)nc1. The minimum atomic E-state index is -0.327. The molecule has 0 bridgehead atoms. The highest BCUT2D eigenvalue weighted by Crippen LogP contribution is 2.11. The molecule has 0 aliphatic heterocycles. The average Bonchev–Trinajstić information content (AvgIpc) is 2.48. The molecule has 4 N–H and O–H groups in total. The molecule has 0 atom stereocenters. The second-order valence-electron chi connectivity index (χ2n) is 4.08. The first-order chi connectivity index (χ1) is 9.72. The molecule has 0 radical (unpaired) electrons. The lowest BCUT2D eigenvalue weighted by Crippen LogP contribution is -2.21. The minimum Gasteiger partial charge on any atom is -0.321 e. The number of rotatable bonds is 4. The summed E-state index contributed by atoms with van der Waals surface area (Å²) in [6.07, 6.45) is 1.36. The molecule has 0 unspecified atom stereocenters. The van der Waals surface area contributed by atoms with E-state index in [0.717, 1.165) is 5.56 Å². The highest BCUT2D eigenvalue weighted by atomic mass is 16.1. The predicted octanol–water partition coefficient (Wildman–Crippen LogP) is 1.17. The Bertz CT molecular complexity index is 645. The van der Waals surface area contributed by atoms with Crippen molar-refractivity contribution in [3.8, 4) is 6.07 Å². The lowest BCUT2D eigenvalue weighted by atomic mass is 10.2. The molecule has 1 amide bonds. The fourth-order valence-corrected chi connectivity index (χ4v) is 1.67. The van der Waals surface area contributed by atoms with Gasteiger partial charge in [-0.2, -0.15) is 5.26 Å². The van der Waals surface area contributed by atoms with Crippen molar-refractivity contribution in [2.45, 2.75) is 6.54 Å². The van der Waals surface area contributed by atoms with Gasteiger partial charge in [0.05, 0.1) is 5.56 Å². The lowest BCUT2D eigenvalue weighted by Gasteiger charge is -2.07. The van der Waals surface area contributed by atoms with Gasteiger partial charge in [-0.05, 0) is 29.8 Å². The summed E-state index contributed by atoms with van der Waals surface area (Å²) in [5, 5.41) is 11.4. The summed E-state index contributed by atoms with van der Waals surface area (Å²) in [4.78, 5) is 15.9. The molecule has 1 heterocycles. The van der Waals surface area contributed by atoms with Gasteiger partial charge < -0.3 is 5.32 Å². The summed E-state index contributed by atoms with van der Waals surface area (Å²) in [6.45, 7) is 0.513. The van der Waals surface area contributed by atoms with E-state index < -0.39 is 0 Å². The smallest absolute Gasteiger partial charge is 0.274 e. The van der Waals surface area contributed by atoms with E-state index in [1.54, 1.807) is 12.1 Å². The van der Waals surface area contributed by atoms with Crippen molar-refractivity contribution in [2.75, 3.05) is 5.32 Å². The van der Waals surface area contributed by atoms with Gasteiger partial charge in [-0.3, -0.25) is 16.1 Å². The van der Waals surface area contributed by atoms with Crippen molar-refractivity contribution in [1.82, 2.24) is 10.4 Å². The third-order valence-electron chi connectivity index (χ3n) is 2.62. The zero-order chi connectivity index (χ0) is 14.4. The van der Waals surface area contributed by atoms with Crippen molar-refractivity contribution in [3.05, 3.63) is 59.4 Å². The maximum atomic E-state index is 12.0. The maximum Gasteiger partial charge on any atom is 0.274 e. The fourth-order valence-electron chi connectivity index (χ4n) is 1.67. The van der Waals surface area contributed by atoms with Crippen LogP contribution in [-0.2, 0) is 6.54 Å². The van der Waals surface area contributed by atoms with E-state index in [1.807, 2.05) is 24.3 Å². The maximum absolute atomic E-state index is 12.0. The number of hydrogen-bond donors (Lipinski definition) is 3. The van der Waals surface area contributed by atoms with Gasteiger partial charge in [0.1, 0.15) is 11.8 Å². The number of nitriles is 1. The number of hydrogen-bond acceptors (Lipinski definition) is 5. The number of nitrogens with two attached hydrogens (primary N) is 1. The van der Waals surface area contributed by atoms with Crippen LogP contribution in [-0.4, -0.2) is 10.9 Å². The Labute approximate surface area is 116 Å². The van der Waals surface area contributed by atoms with Crippen molar-refractivity contribution < 1.29 is 4.79 Å². The van der Waals surface area contributed by atoms with Crippen LogP contribution in [0, 0.1) is 11.3 Å². The van der Waals surface area contributed by atoms with Crippen LogP contribution < -0.4 is 16.6 Å². The van der Waals surface area contributed by atoms with Crippen molar-refractivity contribution in [1.29, 1.82) is 5.26 Å². The standard InChI is InChI=1S/C14H13N5O/c15-7-11-4-5-13(17-8-11)14(20)19-12-3-1-2-10(6-12)9-18-16/h1-6,8,18H,9,16H2,(H,19,20). The third-order valence-corrected chi connectivity index (χ3v) is 2.62. The van der Waals surface area contributed by atoms with E-state index in [4.69, 9.17) is 11.1 Å². The van der Waals surface area contributed by atoms with Crippen LogP contribution >= 0.6 is 0 Å². The molecular formula is C14H13N5O. The zero-order valence-electron chi connectivity index (χ0n) is 10.6. The Morgan fingerprint density at radius 1 is 1.35 bits per heavy atom. The Hall–Kier alpha value is -2.75. The fraction of sp³-hybridized carbons (Fsp3) is 0.0714. The number of amides is 1. The molecule has 2 rings (SSSR count). The molecule has 2 aromatic rings. The number of carbonyl (C=O) groups is 1. The number of pyridine rings is 1. The highest BCUT2D eigenvalue weighted by molar-refractivity contribution is 6.02. The molecule has 0 saturated carbocycles. The quantitative estimate of drug-likeness (QED) is 0.570. The van der Waals surface area contributed by atoms with Gasteiger partial charge >= 0.3 is 0 Å². The average molecular weight is 267 g/mol. The molecule has 1 aromatic carbocycles. The highest BCUT2D eigenvalue weighted by Gasteiger charge is 2.07. The molecule has 0 spiro atoms. The first-order valence-corrected chi connectivity index (χ1v) is 5.93. The summed E-state index contributed by atoms with van der Waals surface area (Å²) in [5.41, 5.74) is 4.84. The first kappa shape index (κ1) is 13.7. The Kier molecular flexibility index (Phi) is 4.39. The summed E-state index contributed by atoms with van der Waals surface area (Å²) >= 11 is 0. The zero-order valence-corrected chi connectivity index (χ0v) is 10.6. The Morgan fingerprint density at radius 2 is 2.20 bits per heavy atom. The number of aromatic nitrogens is 1. The van der Waals surface area contributed by atoms with Crippen LogP contribution in [0.1, 0.15) is 21.6 Å². The van der Waals surface area contributed by atoms with E-state index in [9.17, 15) is 4.79 Å². The largest absolute Gasteiger partial charge is 0.321 e. The molecule has 6 heteroatoms. The number of nitrogens with zero attached hydrogens (tertiary/aromatic N) is 2. The van der Waals surface area contributed by atoms with Gasteiger partial charge in [0.2, 0.25) is 0 Å². The summed E-state index contributed by atoms with van der Waals surface area (Å²) < 4.78 is 0. The molecule has 0 aliphatic carbocycles. The molecule has 0 aliphatic rings. The summed E-state index contributed by atoms with van der Waals surface area (Å²) in [7, 11) is 0. The second-order valence-corrected chi connectivity index (χ2v) is 4.08. The Morgan fingerprint density at radius 3 is 2.85 bits per heavy atom. The van der Waals surface area contributed by atoms with Crippen LogP contribution in [0.25, 0.3) is 0 Å². The van der Waals surface area contributed by atoms with E-state index in [1.165, 1.54) is 12.3 Å². The van der Waals surface area contributed by atoms with Crippen molar-refractivity contribution in [3.63, 3.8) is 0 Å². The van der Waals surface area contributed by atoms with Crippen LogP contribution in [0.2, 0.25) is 0 Å². The molecule has 1 aromatic heterocycles. The number of carbonyl (C=O) groups excluding carboxylic acids is 1. The number of hydrazine groups is 1. The normalized spacial score (nSPS) is 9.80. The van der Waals surface area contributed by atoms with Gasteiger partial charge in [0.15, 0.2) is 0 Å². The van der Waals surface area contributed by atoms with E-state index in [-0.39, 0.29) is 11.6 Å². The van der Waals surface area contributed by atoms with Crippen LogP contribution in [0.3, 0.4) is 0 Å².